The van der Waals surface area contributed by atoms with Gasteiger partial charge >= 0.3 is 5.97 Å². The van der Waals surface area contributed by atoms with Crippen LogP contribution in [0, 0.1) is 5.92 Å². The Kier molecular flexibility index (Phi) is 5.74. The maximum atomic E-state index is 11.9. The molecular formula is C11H20N2O5S. The van der Waals surface area contributed by atoms with Crippen LogP contribution in [0.2, 0.25) is 0 Å². The number of piperidine rings is 1. The number of sulfonamides is 1. The molecule has 1 fully saturated rings. The maximum Gasteiger partial charge on any atom is 0.303 e. The van der Waals surface area contributed by atoms with Crippen molar-refractivity contribution in [1.82, 2.24) is 9.62 Å². The first-order valence-corrected chi connectivity index (χ1v) is 7.89. The Balaban J connectivity index is 2.45. The molecule has 1 saturated heterocycles. The maximum absolute atomic E-state index is 11.9. The fraction of sp³-hybridized carbons (Fsp3) is 0.818. The van der Waals surface area contributed by atoms with Gasteiger partial charge in [0.05, 0.1) is 5.75 Å². The van der Waals surface area contributed by atoms with E-state index in [1.54, 1.807) is 7.05 Å². The zero-order valence-corrected chi connectivity index (χ0v) is 11.8. The lowest BCUT2D eigenvalue weighted by Crippen LogP contribution is -2.43. The van der Waals surface area contributed by atoms with Gasteiger partial charge in [0, 0.05) is 32.5 Å². The molecule has 1 aliphatic rings. The number of nitrogens with zero attached hydrogens (tertiary/aromatic N) is 1. The molecule has 0 radical (unpaired) electrons. The van der Waals surface area contributed by atoms with Gasteiger partial charge in [0.15, 0.2) is 0 Å². The van der Waals surface area contributed by atoms with E-state index >= 15 is 0 Å². The van der Waals surface area contributed by atoms with Gasteiger partial charge in [0.25, 0.3) is 0 Å². The Hall–Kier alpha value is -1.15. The van der Waals surface area contributed by atoms with Crippen molar-refractivity contribution in [3.8, 4) is 0 Å². The standard InChI is InChI=1S/C11H20N2O5S/c1-12-11(16)9-4-6-13(7-5-9)19(17,18)8-2-3-10(14)15/h9H,2-8H2,1H3,(H,12,16)(H,14,15). The van der Waals surface area contributed by atoms with Crippen molar-refractivity contribution in [2.75, 3.05) is 25.9 Å². The molecule has 0 bridgehead atoms. The number of carboxylic acid groups (broad SMARTS) is 1. The fourth-order valence-corrected chi connectivity index (χ4v) is 3.67. The summed E-state index contributed by atoms with van der Waals surface area (Å²) < 4.78 is 25.2. The van der Waals surface area contributed by atoms with E-state index in [-0.39, 0.29) is 30.4 Å². The highest BCUT2D eigenvalue weighted by molar-refractivity contribution is 7.89. The minimum absolute atomic E-state index is 0.0528. The summed E-state index contributed by atoms with van der Waals surface area (Å²) in [6.07, 6.45) is 0.997. The van der Waals surface area contributed by atoms with Gasteiger partial charge in [-0.05, 0) is 19.3 Å². The van der Waals surface area contributed by atoms with Crippen molar-refractivity contribution < 1.29 is 23.1 Å². The van der Waals surface area contributed by atoms with Crippen LogP contribution in [0.3, 0.4) is 0 Å². The quantitative estimate of drug-likeness (QED) is 0.695. The summed E-state index contributed by atoms with van der Waals surface area (Å²) in [6.45, 7) is 0.654. The van der Waals surface area contributed by atoms with E-state index in [9.17, 15) is 18.0 Å². The van der Waals surface area contributed by atoms with E-state index in [4.69, 9.17) is 5.11 Å². The number of aliphatic carboxylic acids is 1. The first-order chi connectivity index (χ1) is 8.86. The third-order valence-electron chi connectivity index (χ3n) is 3.26. The lowest BCUT2D eigenvalue weighted by atomic mass is 9.97. The molecule has 0 atom stereocenters. The van der Waals surface area contributed by atoms with Crippen molar-refractivity contribution in [3.05, 3.63) is 0 Å². The van der Waals surface area contributed by atoms with Crippen molar-refractivity contribution in [2.24, 2.45) is 5.92 Å². The van der Waals surface area contributed by atoms with Crippen LogP contribution in [-0.2, 0) is 19.6 Å². The molecule has 0 saturated carbocycles. The Morgan fingerprint density at radius 1 is 1.32 bits per heavy atom. The summed E-state index contributed by atoms with van der Waals surface area (Å²) in [5, 5.41) is 11.1. The molecule has 7 nitrogen and oxygen atoms in total. The molecule has 0 aliphatic carbocycles. The molecular weight excluding hydrogens is 272 g/mol. The number of amides is 1. The van der Waals surface area contributed by atoms with Gasteiger partial charge in [0.1, 0.15) is 0 Å². The van der Waals surface area contributed by atoms with E-state index in [0.717, 1.165) is 0 Å². The summed E-state index contributed by atoms with van der Waals surface area (Å²) in [5.74, 6) is -1.32. The predicted molar refractivity (Wildman–Crippen MR) is 69.0 cm³/mol. The van der Waals surface area contributed by atoms with Crippen LogP contribution in [0.15, 0.2) is 0 Å². The minimum Gasteiger partial charge on any atom is -0.481 e. The molecule has 0 aromatic rings. The lowest BCUT2D eigenvalue weighted by Gasteiger charge is -2.30. The Bertz CT molecular complexity index is 426. The monoisotopic (exact) mass is 292 g/mol. The third kappa shape index (κ3) is 4.79. The Labute approximate surface area is 113 Å². The molecule has 0 spiro atoms. The van der Waals surface area contributed by atoms with Gasteiger partial charge < -0.3 is 10.4 Å². The summed E-state index contributed by atoms with van der Waals surface area (Å²) in [6, 6.07) is 0. The molecule has 1 heterocycles. The van der Waals surface area contributed by atoms with Gasteiger partial charge in [-0.25, -0.2) is 12.7 Å². The van der Waals surface area contributed by atoms with Crippen LogP contribution in [0.5, 0.6) is 0 Å². The number of hydrogen-bond donors (Lipinski definition) is 2. The predicted octanol–water partition coefficient (Wildman–Crippen LogP) is -0.361. The summed E-state index contributed by atoms with van der Waals surface area (Å²) in [7, 11) is -1.83. The smallest absolute Gasteiger partial charge is 0.303 e. The van der Waals surface area contributed by atoms with E-state index in [2.05, 4.69) is 5.32 Å². The number of nitrogens with one attached hydrogen (secondary N) is 1. The fourth-order valence-electron chi connectivity index (χ4n) is 2.14. The Morgan fingerprint density at radius 3 is 2.37 bits per heavy atom. The van der Waals surface area contributed by atoms with Crippen LogP contribution in [-0.4, -0.2) is 55.6 Å². The second-order valence-corrected chi connectivity index (χ2v) is 6.69. The second kappa shape index (κ2) is 6.85. The SMILES string of the molecule is CNC(=O)C1CCN(S(=O)(=O)CCCC(=O)O)CC1. The number of hydrogen-bond acceptors (Lipinski definition) is 4. The van der Waals surface area contributed by atoms with Crippen LogP contribution < -0.4 is 5.32 Å². The summed E-state index contributed by atoms with van der Waals surface area (Å²) >= 11 is 0. The zero-order chi connectivity index (χ0) is 14.5. The molecule has 0 unspecified atom stereocenters. The van der Waals surface area contributed by atoms with Gasteiger partial charge in [-0.15, -0.1) is 0 Å². The largest absolute Gasteiger partial charge is 0.481 e. The molecule has 0 aromatic heterocycles. The van der Waals surface area contributed by atoms with Crippen LogP contribution in [0.4, 0.5) is 0 Å². The lowest BCUT2D eigenvalue weighted by molar-refractivity contribution is -0.137. The Morgan fingerprint density at radius 2 is 1.89 bits per heavy atom. The van der Waals surface area contributed by atoms with E-state index in [1.165, 1.54) is 4.31 Å². The molecule has 19 heavy (non-hydrogen) atoms. The van der Waals surface area contributed by atoms with Gasteiger partial charge in [0.2, 0.25) is 15.9 Å². The topological polar surface area (TPSA) is 104 Å². The average Bonchev–Trinajstić information content (AvgIpc) is 2.37. The molecule has 0 aromatic carbocycles. The molecule has 2 N–H and O–H groups in total. The van der Waals surface area contributed by atoms with Crippen LogP contribution in [0.25, 0.3) is 0 Å². The second-order valence-electron chi connectivity index (χ2n) is 4.60. The van der Waals surface area contributed by atoms with E-state index < -0.39 is 16.0 Å². The first kappa shape index (κ1) is 15.9. The number of carboxylic acids is 1. The van der Waals surface area contributed by atoms with Crippen molar-refractivity contribution in [2.45, 2.75) is 25.7 Å². The number of rotatable bonds is 6. The minimum atomic E-state index is -3.40. The summed E-state index contributed by atoms with van der Waals surface area (Å²) in [5.41, 5.74) is 0. The zero-order valence-electron chi connectivity index (χ0n) is 11.0. The normalized spacial score (nSPS) is 18.2. The van der Waals surface area contributed by atoms with E-state index in [1.807, 2.05) is 0 Å². The van der Waals surface area contributed by atoms with E-state index in [0.29, 0.717) is 25.9 Å². The van der Waals surface area contributed by atoms with Crippen molar-refractivity contribution >= 4 is 21.9 Å². The number of carbonyl (C=O) groups excluding carboxylic acids is 1. The molecule has 110 valence electrons. The molecule has 8 heteroatoms. The molecule has 1 aliphatic heterocycles. The first-order valence-electron chi connectivity index (χ1n) is 6.28. The van der Waals surface area contributed by atoms with Gasteiger partial charge in [-0.1, -0.05) is 0 Å². The third-order valence-corrected chi connectivity index (χ3v) is 5.21. The van der Waals surface area contributed by atoms with Crippen LogP contribution >= 0.6 is 0 Å². The highest BCUT2D eigenvalue weighted by Gasteiger charge is 2.30. The van der Waals surface area contributed by atoms with Crippen LogP contribution in [0.1, 0.15) is 25.7 Å². The van der Waals surface area contributed by atoms with Crippen molar-refractivity contribution in [3.63, 3.8) is 0 Å². The van der Waals surface area contributed by atoms with Crippen molar-refractivity contribution in [1.29, 1.82) is 0 Å². The molecule has 1 amide bonds. The summed E-state index contributed by atoms with van der Waals surface area (Å²) in [4.78, 5) is 21.8. The highest BCUT2D eigenvalue weighted by Crippen LogP contribution is 2.20. The number of carbonyl (C=O) groups is 2. The molecule has 1 rings (SSSR count). The van der Waals surface area contributed by atoms with Gasteiger partial charge in [-0.2, -0.15) is 0 Å². The van der Waals surface area contributed by atoms with Gasteiger partial charge in [-0.3, -0.25) is 9.59 Å². The highest BCUT2D eigenvalue weighted by atomic mass is 32.2. The average molecular weight is 292 g/mol.